The predicted octanol–water partition coefficient (Wildman–Crippen LogP) is 3.95. The Bertz CT molecular complexity index is 1860. The number of benzene rings is 2. The van der Waals surface area contributed by atoms with E-state index in [-0.39, 0.29) is 42.0 Å². The predicted molar refractivity (Wildman–Crippen MR) is 165 cm³/mol. The molecule has 2 amide bonds. The summed E-state index contributed by atoms with van der Waals surface area (Å²) in [6.07, 6.45) is 1.40. The third-order valence-electron chi connectivity index (χ3n) is 8.57. The Balaban J connectivity index is 1.40. The number of amides is 2. The molecular formula is C32H31BrN4O7. The number of nitrogens with one attached hydrogen (secondary N) is 1. The standard InChI is InChI=1S/C32H31BrN4O7/c1-15-21(33)9-17-8-18(11-24(43-3)26(17)36-15)29(40)35-13-32(42,19-5-6-19)25-12-20-28(44-14-31(20,2)30(34)41)27(37-25)16-4-7-22(38)23(39)10-16/h4,7-12,19,38-39,42H,5-6,13-14H2,1-3H3,(H2,34,41)(H,35,40)/t31-,32+/m0/s1. The molecule has 11 nitrogen and oxygen atoms in total. The van der Waals surface area contributed by atoms with Gasteiger partial charge in [-0.15, -0.1) is 0 Å². The molecule has 0 bridgehead atoms. The Labute approximate surface area is 261 Å². The number of nitrogens with two attached hydrogens (primary N) is 1. The summed E-state index contributed by atoms with van der Waals surface area (Å²) in [4.78, 5) is 35.5. The SMILES string of the molecule is COc1cc(C(=O)NC[C@](O)(c2cc3c(c(-c4ccc(O)c(O)c4)n2)OC[C@]3(C)C(N)=O)C2CC2)cc2cc(Br)c(C)nc12. The first kappa shape index (κ1) is 29.6. The van der Waals surface area contributed by atoms with Gasteiger partial charge in [0.25, 0.3) is 5.91 Å². The van der Waals surface area contributed by atoms with E-state index in [2.05, 4.69) is 26.2 Å². The normalized spacial score (nSPS) is 18.8. The lowest BCUT2D eigenvalue weighted by Gasteiger charge is -2.30. The molecule has 6 N–H and O–H groups in total. The highest BCUT2D eigenvalue weighted by molar-refractivity contribution is 9.10. The van der Waals surface area contributed by atoms with Crippen molar-refractivity contribution in [1.82, 2.24) is 15.3 Å². The number of methoxy groups -OCH3 is 1. The highest BCUT2D eigenvalue weighted by Gasteiger charge is 2.50. The van der Waals surface area contributed by atoms with Gasteiger partial charge >= 0.3 is 0 Å². The Morgan fingerprint density at radius 1 is 1.16 bits per heavy atom. The van der Waals surface area contributed by atoms with Crippen LogP contribution in [0.1, 0.15) is 47.1 Å². The second kappa shape index (κ2) is 10.6. The van der Waals surface area contributed by atoms with Gasteiger partial charge in [-0.05, 0) is 91.0 Å². The number of phenolic OH excluding ortho intramolecular Hbond substituents is 2. The molecule has 1 aliphatic heterocycles. The van der Waals surface area contributed by atoms with Gasteiger partial charge in [0.1, 0.15) is 40.3 Å². The first-order chi connectivity index (χ1) is 20.9. The second-order valence-electron chi connectivity index (χ2n) is 11.6. The maximum Gasteiger partial charge on any atom is 0.251 e. The molecule has 1 aliphatic carbocycles. The minimum atomic E-state index is -1.61. The summed E-state index contributed by atoms with van der Waals surface area (Å²) >= 11 is 3.49. The van der Waals surface area contributed by atoms with Crippen molar-refractivity contribution < 1.29 is 34.4 Å². The van der Waals surface area contributed by atoms with Crippen LogP contribution in [0.25, 0.3) is 22.2 Å². The van der Waals surface area contributed by atoms with E-state index < -0.39 is 22.8 Å². The quantitative estimate of drug-likeness (QED) is 0.175. The van der Waals surface area contributed by atoms with Crippen LogP contribution in [-0.2, 0) is 15.8 Å². The van der Waals surface area contributed by atoms with Gasteiger partial charge in [-0.1, -0.05) is 0 Å². The number of phenols is 2. The van der Waals surface area contributed by atoms with Crippen LogP contribution in [0.2, 0.25) is 0 Å². The minimum absolute atomic E-state index is 0.0350. The molecule has 1 fully saturated rings. The highest BCUT2D eigenvalue weighted by Crippen LogP contribution is 2.50. The highest BCUT2D eigenvalue weighted by atomic mass is 79.9. The summed E-state index contributed by atoms with van der Waals surface area (Å²) in [6.45, 7) is 3.31. The van der Waals surface area contributed by atoms with E-state index in [4.69, 9.17) is 20.2 Å². The summed E-state index contributed by atoms with van der Waals surface area (Å²) < 4.78 is 12.2. The summed E-state index contributed by atoms with van der Waals surface area (Å²) in [5.41, 5.74) is 6.02. The number of aromatic hydroxyl groups is 2. The summed E-state index contributed by atoms with van der Waals surface area (Å²) in [5.74, 6) is -1.22. The maximum absolute atomic E-state index is 13.5. The molecule has 3 heterocycles. The van der Waals surface area contributed by atoms with Gasteiger partial charge in [0.2, 0.25) is 5.91 Å². The van der Waals surface area contributed by atoms with Crippen LogP contribution in [-0.4, -0.2) is 57.4 Å². The van der Waals surface area contributed by atoms with Gasteiger partial charge < -0.3 is 35.8 Å². The molecule has 1 saturated carbocycles. The molecule has 2 aromatic heterocycles. The van der Waals surface area contributed by atoms with E-state index in [0.29, 0.717) is 51.9 Å². The number of pyridine rings is 2. The van der Waals surface area contributed by atoms with Crippen molar-refractivity contribution in [2.75, 3.05) is 20.3 Å². The third kappa shape index (κ3) is 4.87. The average molecular weight is 664 g/mol. The van der Waals surface area contributed by atoms with Gasteiger partial charge in [0.15, 0.2) is 11.5 Å². The number of carbonyl (C=O) groups is 2. The van der Waals surface area contributed by atoms with E-state index in [9.17, 15) is 24.9 Å². The number of aromatic nitrogens is 2. The topological polar surface area (TPSA) is 177 Å². The minimum Gasteiger partial charge on any atom is -0.504 e. The van der Waals surface area contributed by atoms with E-state index in [1.807, 2.05) is 13.0 Å². The van der Waals surface area contributed by atoms with E-state index in [0.717, 1.165) is 10.2 Å². The second-order valence-corrected chi connectivity index (χ2v) is 12.5. The lowest BCUT2D eigenvalue weighted by molar-refractivity contribution is -0.123. The van der Waals surface area contributed by atoms with Gasteiger partial charge in [-0.25, -0.2) is 9.97 Å². The number of aliphatic hydroxyl groups is 1. The van der Waals surface area contributed by atoms with Gasteiger partial charge in [0.05, 0.1) is 25.0 Å². The molecule has 0 unspecified atom stereocenters. The van der Waals surface area contributed by atoms with Crippen LogP contribution in [0, 0.1) is 12.8 Å². The number of fused-ring (bicyclic) bond motifs is 2. The van der Waals surface area contributed by atoms with Gasteiger partial charge in [-0.2, -0.15) is 0 Å². The summed E-state index contributed by atoms with van der Waals surface area (Å²) in [5, 5.41) is 35.9. The smallest absolute Gasteiger partial charge is 0.251 e. The maximum atomic E-state index is 13.5. The van der Waals surface area contributed by atoms with Crippen molar-refractivity contribution in [3.63, 3.8) is 0 Å². The molecule has 228 valence electrons. The molecule has 0 spiro atoms. The molecule has 0 saturated heterocycles. The molecule has 6 rings (SSSR count). The van der Waals surface area contributed by atoms with Crippen molar-refractivity contribution in [2.45, 2.75) is 37.7 Å². The average Bonchev–Trinajstić information content (AvgIpc) is 3.80. The molecule has 2 atom stereocenters. The number of hydrogen-bond acceptors (Lipinski definition) is 9. The van der Waals surface area contributed by atoms with Crippen LogP contribution in [0.3, 0.4) is 0 Å². The van der Waals surface area contributed by atoms with Crippen molar-refractivity contribution in [1.29, 1.82) is 0 Å². The Morgan fingerprint density at radius 2 is 1.91 bits per heavy atom. The van der Waals surface area contributed by atoms with Gasteiger partial charge in [0, 0.05) is 26.5 Å². The fourth-order valence-corrected chi connectivity index (χ4v) is 5.94. The lowest BCUT2D eigenvalue weighted by atomic mass is 9.81. The van der Waals surface area contributed by atoms with Crippen LogP contribution in [0.4, 0.5) is 0 Å². The fraction of sp³-hybridized carbons (Fsp3) is 0.312. The van der Waals surface area contributed by atoms with Crippen LogP contribution >= 0.6 is 15.9 Å². The Hall–Kier alpha value is -4.42. The number of ether oxygens (including phenoxy) is 2. The molecule has 44 heavy (non-hydrogen) atoms. The number of aryl methyl sites for hydroxylation is 1. The summed E-state index contributed by atoms with van der Waals surface area (Å²) in [7, 11) is 1.51. The molecule has 0 radical (unpaired) electrons. The van der Waals surface area contributed by atoms with Crippen LogP contribution < -0.4 is 20.5 Å². The first-order valence-electron chi connectivity index (χ1n) is 14.0. The zero-order chi connectivity index (χ0) is 31.6. The monoisotopic (exact) mass is 662 g/mol. The molecule has 2 aliphatic rings. The molecular weight excluding hydrogens is 632 g/mol. The van der Waals surface area contributed by atoms with Crippen molar-refractivity contribution in [3.8, 4) is 34.3 Å². The molecule has 12 heteroatoms. The number of hydrogen-bond donors (Lipinski definition) is 5. The van der Waals surface area contributed by atoms with Crippen molar-refractivity contribution >= 4 is 38.6 Å². The van der Waals surface area contributed by atoms with E-state index in [1.54, 1.807) is 31.2 Å². The number of primary amides is 1. The largest absolute Gasteiger partial charge is 0.504 e. The molecule has 2 aromatic carbocycles. The first-order valence-corrected chi connectivity index (χ1v) is 14.8. The lowest BCUT2D eigenvalue weighted by Crippen LogP contribution is -2.44. The molecule has 4 aromatic rings. The van der Waals surface area contributed by atoms with Crippen LogP contribution in [0.15, 0.2) is 46.9 Å². The van der Waals surface area contributed by atoms with Crippen molar-refractivity contribution in [3.05, 3.63) is 69.5 Å². The van der Waals surface area contributed by atoms with E-state index >= 15 is 0 Å². The zero-order valence-electron chi connectivity index (χ0n) is 24.3. The van der Waals surface area contributed by atoms with Crippen molar-refractivity contribution in [2.24, 2.45) is 11.7 Å². The third-order valence-corrected chi connectivity index (χ3v) is 9.38. The number of rotatable bonds is 8. The van der Waals surface area contributed by atoms with Crippen LogP contribution in [0.5, 0.6) is 23.0 Å². The van der Waals surface area contributed by atoms with Gasteiger partial charge in [-0.3, -0.25) is 9.59 Å². The summed E-state index contributed by atoms with van der Waals surface area (Å²) in [6, 6.07) is 11.0. The number of carbonyl (C=O) groups excluding carboxylic acids is 2. The number of nitrogens with zero attached hydrogens (tertiary/aromatic N) is 2. The Kier molecular flexibility index (Phi) is 7.16. The van der Waals surface area contributed by atoms with E-state index in [1.165, 1.54) is 19.2 Å². The number of halogens is 1. The Morgan fingerprint density at radius 3 is 2.57 bits per heavy atom. The zero-order valence-corrected chi connectivity index (χ0v) is 25.9. The fourth-order valence-electron chi connectivity index (χ4n) is 5.61.